The smallest absolute Gasteiger partial charge is 0.312 e. The van der Waals surface area contributed by atoms with Crippen LogP contribution < -0.4 is 27.0 Å². The lowest BCUT2D eigenvalue weighted by atomic mass is 9.69. The second kappa shape index (κ2) is 17.6. The standard InChI is InChI=1S/C37H58N6O8/c1-22(2)30(42-33(49)35(6,7)21-36(8,9)43-28(45)18-37(10,23(3)4)19-29(43)46)32(48)41-27(12-11-17-39-34(38)50)31(47)40-26-15-13-25(14-16-26)20-51-24(5)44/h13-16,22-23,27,30H,11-12,17-21H2,1-10H3,(H,40,47)(H,41,48)(H,42,49)(H3,38,39,50)/t27-,30-/m0/s1. The van der Waals surface area contributed by atoms with Crippen LogP contribution in [-0.2, 0) is 40.1 Å². The lowest BCUT2D eigenvalue weighted by Gasteiger charge is -2.48. The first-order valence-corrected chi connectivity index (χ1v) is 17.5. The molecule has 7 amide bonds. The molecule has 0 saturated carbocycles. The molecule has 2 rings (SSSR count). The van der Waals surface area contributed by atoms with Gasteiger partial charge in [0.2, 0.25) is 29.5 Å². The number of nitrogens with one attached hydrogen (secondary N) is 4. The summed E-state index contributed by atoms with van der Waals surface area (Å²) in [5.41, 5.74) is 3.81. The van der Waals surface area contributed by atoms with Crippen molar-refractivity contribution in [2.45, 2.75) is 126 Å². The van der Waals surface area contributed by atoms with Gasteiger partial charge in [0.05, 0.1) is 0 Å². The predicted molar refractivity (Wildman–Crippen MR) is 193 cm³/mol. The quantitative estimate of drug-likeness (QED) is 0.0910. The van der Waals surface area contributed by atoms with Crippen LogP contribution in [0.5, 0.6) is 0 Å². The van der Waals surface area contributed by atoms with Crippen LogP contribution in [0.25, 0.3) is 0 Å². The van der Waals surface area contributed by atoms with E-state index in [9.17, 15) is 33.6 Å². The van der Waals surface area contributed by atoms with Crippen molar-refractivity contribution < 1.29 is 38.3 Å². The van der Waals surface area contributed by atoms with Gasteiger partial charge in [-0.15, -0.1) is 0 Å². The first-order valence-electron chi connectivity index (χ1n) is 17.5. The summed E-state index contributed by atoms with van der Waals surface area (Å²) in [6, 6.07) is 3.88. The summed E-state index contributed by atoms with van der Waals surface area (Å²) >= 11 is 0. The van der Waals surface area contributed by atoms with Gasteiger partial charge in [0.15, 0.2) is 0 Å². The molecule has 1 aromatic carbocycles. The van der Waals surface area contributed by atoms with Crippen LogP contribution in [-0.4, -0.2) is 70.6 Å². The second-order valence-corrected chi connectivity index (χ2v) is 15.8. The van der Waals surface area contributed by atoms with Gasteiger partial charge in [-0.2, -0.15) is 0 Å². The Morgan fingerprint density at radius 3 is 1.98 bits per heavy atom. The normalized spacial score (nSPS) is 16.0. The molecular weight excluding hydrogens is 656 g/mol. The first-order chi connectivity index (χ1) is 23.5. The number of carbonyl (C=O) groups is 7. The molecule has 0 bridgehead atoms. The number of anilines is 1. The van der Waals surface area contributed by atoms with Crippen molar-refractivity contribution in [1.29, 1.82) is 0 Å². The number of urea groups is 1. The molecule has 1 aromatic rings. The zero-order valence-corrected chi connectivity index (χ0v) is 31.9. The molecule has 1 fully saturated rings. The van der Waals surface area contributed by atoms with E-state index in [2.05, 4.69) is 21.3 Å². The molecule has 0 radical (unpaired) electrons. The number of amides is 7. The number of primary amides is 1. The summed E-state index contributed by atoms with van der Waals surface area (Å²) in [7, 11) is 0. The SMILES string of the molecule is CC(=O)OCc1ccc(NC(=O)[C@H](CCCNC(N)=O)NC(=O)[C@@H](NC(=O)C(C)(C)CC(C)(C)N2C(=O)CC(C)(C(C)C)CC2=O)C(C)C)cc1. The van der Waals surface area contributed by atoms with Gasteiger partial charge in [-0.25, -0.2) is 4.79 Å². The number of hydrogen-bond acceptors (Lipinski definition) is 8. The van der Waals surface area contributed by atoms with Crippen molar-refractivity contribution >= 4 is 47.2 Å². The number of likely N-dealkylation sites (tertiary alicyclic amines) is 1. The van der Waals surface area contributed by atoms with Crippen LogP contribution in [0.4, 0.5) is 10.5 Å². The number of imide groups is 1. The molecule has 1 aliphatic heterocycles. The Labute approximate surface area is 301 Å². The predicted octanol–water partition coefficient (Wildman–Crippen LogP) is 3.77. The van der Waals surface area contributed by atoms with Gasteiger partial charge < -0.3 is 31.7 Å². The maximum atomic E-state index is 13.8. The van der Waals surface area contributed by atoms with E-state index in [1.54, 1.807) is 65.8 Å². The fourth-order valence-corrected chi connectivity index (χ4v) is 6.39. The van der Waals surface area contributed by atoms with Crippen molar-refractivity contribution in [2.24, 2.45) is 28.4 Å². The zero-order valence-electron chi connectivity index (χ0n) is 31.9. The summed E-state index contributed by atoms with van der Waals surface area (Å²) < 4.78 is 4.99. The Hall–Kier alpha value is -4.49. The Morgan fingerprint density at radius 2 is 1.49 bits per heavy atom. The lowest BCUT2D eigenvalue weighted by Crippen LogP contribution is -2.60. The van der Waals surface area contributed by atoms with Gasteiger partial charge in [-0.1, -0.05) is 60.6 Å². The average molecular weight is 715 g/mol. The van der Waals surface area contributed by atoms with Crippen LogP contribution in [0.15, 0.2) is 24.3 Å². The summed E-state index contributed by atoms with van der Waals surface area (Å²) in [6.45, 7) is 18.0. The highest BCUT2D eigenvalue weighted by molar-refractivity contribution is 6.00. The number of benzene rings is 1. The Morgan fingerprint density at radius 1 is 0.922 bits per heavy atom. The number of piperidine rings is 1. The number of ether oxygens (including phenoxy) is 1. The van der Waals surface area contributed by atoms with E-state index in [-0.39, 0.29) is 62.5 Å². The second-order valence-electron chi connectivity index (χ2n) is 15.8. The molecule has 0 spiro atoms. The molecule has 6 N–H and O–H groups in total. The third-order valence-corrected chi connectivity index (χ3v) is 9.60. The monoisotopic (exact) mass is 714 g/mol. The van der Waals surface area contributed by atoms with Crippen molar-refractivity contribution in [1.82, 2.24) is 20.9 Å². The fraction of sp³-hybridized carbons (Fsp3) is 0.649. The summed E-state index contributed by atoms with van der Waals surface area (Å²) in [5, 5.41) is 10.9. The van der Waals surface area contributed by atoms with Gasteiger partial charge in [0.1, 0.15) is 18.7 Å². The van der Waals surface area contributed by atoms with Crippen LogP contribution in [0.1, 0.15) is 107 Å². The van der Waals surface area contributed by atoms with E-state index in [1.807, 2.05) is 20.8 Å². The zero-order chi connectivity index (χ0) is 38.9. The molecule has 0 aliphatic carbocycles. The highest BCUT2D eigenvalue weighted by Gasteiger charge is 2.49. The molecule has 51 heavy (non-hydrogen) atoms. The molecular formula is C37H58N6O8. The maximum Gasteiger partial charge on any atom is 0.312 e. The van der Waals surface area contributed by atoms with Crippen molar-refractivity contribution in [3.05, 3.63) is 29.8 Å². The minimum absolute atomic E-state index is 0.0814. The van der Waals surface area contributed by atoms with Gasteiger partial charge in [-0.3, -0.25) is 33.7 Å². The number of nitrogens with zero attached hydrogens (tertiary/aromatic N) is 1. The highest BCUT2D eigenvalue weighted by Crippen LogP contribution is 2.43. The van der Waals surface area contributed by atoms with Crippen LogP contribution in [0, 0.1) is 22.7 Å². The highest BCUT2D eigenvalue weighted by atomic mass is 16.5. The molecule has 1 aliphatic rings. The van der Waals surface area contributed by atoms with Gasteiger partial charge >= 0.3 is 12.0 Å². The van der Waals surface area contributed by atoms with Gasteiger partial charge in [-0.05, 0) is 68.1 Å². The van der Waals surface area contributed by atoms with E-state index >= 15 is 0 Å². The van der Waals surface area contributed by atoms with Crippen molar-refractivity contribution in [2.75, 3.05) is 11.9 Å². The molecule has 284 valence electrons. The van der Waals surface area contributed by atoms with E-state index in [0.29, 0.717) is 12.1 Å². The molecule has 1 heterocycles. The summed E-state index contributed by atoms with van der Waals surface area (Å²) in [6.07, 6.45) is 1.07. The van der Waals surface area contributed by atoms with Crippen LogP contribution >= 0.6 is 0 Å². The molecule has 14 nitrogen and oxygen atoms in total. The fourth-order valence-electron chi connectivity index (χ4n) is 6.39. The third-order valence-electron chi connectivity index (χ3n) is 9.60. The largest absolute Gasteiger partial charge is 0.461 e. The maximum absolute atomic E-state index is 13.8. The van der Waals surface area contributed by atoms with E-state index in [1.165, 1.54) is 11.8 Å². The molecule has 1 saturated heterocycles. The Bertz CT molecular complexity index is 1440. The topological polar surface area (TPSA) is 206 Å². The number of hydrogen-bond donors (Lipinski definition) is 5. The van der Waals surface area contributed by atoms with Crippen molar-refractivity contribution in [3.63, 3.8) is 0 Å². The number of esters is 1. The first kappa shape index (κ1) is 42.7. The molecule has 14 heteroatoms. The average Bonchev–Trinajstić information content (AvgIpc) is 2.99. The molecule has 2 atom stereocenters. The van der Waals surface area contributed by atoms with E-state index in [4.69, 9.17) is 10.5 Å². The lowest BCUT2D eigenvalue weighted by molar-refractivity contribution is -0.163. The minimum Gasteiger partial charge on any atom is -0.461 e. The van der Waals surface area contributed by atoms with Crippen molar-refractivity contribution in [3.8, 4) is 0 Å². The van der Waals surface area contributed by atoms with Gasteiger partial charge in [0, 0.05) is 43.0 Å². The summed E-state index contributed by atoms with van der Waals surface area (Å²) in [5.74, 6) is -2.73. The van der Waals surface area contributed by atoms with Crippen LogP contribution in [0.3, 0.4) is 0 Å². The Kier molecular flexibility index (Phi) is 14.8. The minimum atomic E-state index is -1.10. The summed E-state index contributed by atoms with van der Waals surface area (Å²) in [4.78, 5) is 91.2. The molecule has 0 aromatic heterocycles. The number of carbonyl (C=O) groups excluding carboxylic acids is 7. The van der Waals surface area contributed by atoms with Crippen LogP contribution in [0.2, 0.25) is 0 Å². The van der Waals surface area contributed by atoms with E-state index in [0.717, 1.165) is 5.56 Å². The van der Waals surface area contributed by atoms with E-state index < -0.39 is 58.2 Å². The third kappa shape index (κ3) is 12.4. The Balaban J connectivity index is 2.19. The number of rotatable bonds is 17. The van der Waals surface area contributed by atoms with Gasteiger partial charge in [0.25, 0.3) is 0 Å². The number of nitrogens with two attached hydrogens (primary N) is 1. The molecule has 0 unspecified atom stereocenters.